The molecule has 0 unspecified atom stereocenters. The first-order valence-corrected chi connectivity index (χ1v) is 7.91. The van der Waals surface area contributed by atoms with Gasteiger partial charge in [0.05, 0.1) is 7.11 Å². The van der Waals surface area contributed by atoms with Crippen LogP contribution in [0.15, 0.2) is 18.2 Å². The molecule has 0 saturated carbocycles. The van der Waals surface area contributed by atoms with Gasteiger partial charge in [-0.2, -0.15) is 4.98 Å². The molecule has 2 aromatic rings. The average molecular weight is 324 g/mol. The maximum Gasteiger partial charge on any atom is 0.351 e. The number of carbonyl (C=O) groups is 1. The van der Waals surface area contributed by atoms with Crippen molar-refractivity contribution >= 4 is 28.9 Å². The van der Waals surface area contributed by atoms with Crippen molar-refractivity contribution in [2.45, 2.75) is 25.7 Å². The normalized spacial score (nSPS) is 13.6. The van der Waals surface area contributed by atoms with E-state index in [2.05, 4.69) is 15.8 Å². The Bertz CT molecular complexity index is 684. The van der Waals surface area contributed by atoms with E-state index in [4.69, 9.17) is 16.3 Å². The van der Waals surface area contributed by atoms with Gasteiger partial charge in [0.2, 0.25) is 0 Å². The van der Waals surface area contributed by atoms with Crippen molar-refractivity contribution < 1.29 is 14.3 Å². The summed E-state index contributed by atoms with van der Waals surface area (Å²) in [4.78, 5) is 15.8. The minimum absolute atomic E-state index is 0.111. The molecule has 0 fully saturated rings. The number of fused-ring (bicyclic) bond motifs is 1. The molecule has 0 N–H and O–H groups in total. The fraction of sp³-hybridized carbons (Fsp3) is 0.333. The highest BCUT2D eigenvalue weighted by Crippen LogP contribution is 2.34. The fourth-order valence-corrected chi connectivity index (χ4v) is 3.49. The van der Waals surface area contributed by atoms with E-state index < -0.39 is 5.97 Å². The lowest BCUT2D eigenvalue weighted by Crippen LogP contribution is -2.02. The third-order valence-electron chi connectivity index (χ3n) is 3.46. The van der Waals surface area contributed by atoms with Gasteiger partial charge in [-0.1, -0.05) is 29.0 Å². The van der Waals surface area contributed by atoms with Crippen LogP contribution >= 0.6 is 22.9 Å². The Kier molecular flexibility index (Phi) is 4.12. The van der Waals surface area contributed by atoms with Gasteiger partial charge in [-0.3, -0.25) is 0 Å². The monoisotopic (exact) mass is 323 g/mol. The molecule has 1 heterocycles. The zero-order chi connectivity index (χ0) is 14.8. The molecular weight excluding hydrogens is 310 g/mol. The van der Waals surface area contributed by atoms with Gasteiger partial charge in [-0.05, 0) is 48.9 Å². The predicted molar refractivity (Wildman–Crippen MR) is 81.6 cm³/mol. The number of hydrogen-bond acceptors (Lipinski definition) is 5. The average Bonchev–Trinajstić information content (AvgIpc) is 2.87. The van der Waals surface area contributed by atoms with Gasteiger partial charge in [-0.25, -0.2) is 4.79 Å². The molecular formula is C15H14ClNO3S. The van der Waals surface area contributed by atoms with Gasteiger partial charge in [-0.15, -0.1) is 0 Å². The molecule has 1 aromatic carbocycles. The van der Waals surface area contributed by atoms with Crippen molar-refractivity contribution in [3.8, 4) is 10.9 Å². The first-order valence-electron chi connectivity index (χ1n) is 6.71. The molecule has 3 rings (SSSR count). The lowest BCUT2D eigenvalue weighted by molar-refractivity contribution is 0.0606. The van der Waals surface area contributed by atoms with Crippen LogP contribution in [0.1, 0.15) is 33.6 Å². The van der Waals surface area contributed by atoms with Crippen molar-refractivity contribution in [2.75, 3.05) is 7.11 Å². The molecule has 4 nitrogen and oxygen atoms in total. The van der Waals surface area contributed by atoms with E-state index >= 15 is 0 Å². The summed E-state index contributed by atoms with van der Waals surface area (Å²) in [7, 11) is 1.31. The summed E-state index contributed by atoms with van der Waals surface area (Å²) in [5.41, 5.74) is 2.72. The SMILES string of the molecule is COC(=O)c1sc(Oc2ccc3c(c2)CCCC3)nc1Cl. The zero-order valence-corrected chi connectivity index (χ0v) is 13.1. The largest absolute Gasteiger partial charge is 0.465 e. The molecule has 0 atom stereocenters. The summed E-state index contributed by atoms with van der Waals surface area (Å²) in [5.74, 6) is 0.218. The number of benzene rings is 1. The number of carbonyl (C=O) groups excluding carboxylic acids is 1. The van der Waals surface area contributed by atoms with Crippen LogP contribution in [-0.4, -0.2) is 18.1 Å². The third kappa shape index (κ3) is 3.04. The van der Waals surface area contributed by atoms with Crippen molar-refractivity contribution in [1.29, 1.82) is 0 Å². The second-order valence-electron chi connectivity index (χ2n) is 4.83. The smallest absolute Gasteiger partial charge is 0.351 e. The lowest BCUT2D eigenvalue weighted by Gasteiger charge is -2.16. The number of rotatable bonds is 3. The zero-order valence-electron chi connectivity index (χ0n) is 11.5. The molecule has 110 valence electrons. The van der Waals surface area contributed by atoms with Crippen molar-refractivity contribution in [3.05, 3.63) is 39.4 Å². The minimum Gasteiger partial charge on any atom is -0.465 e. The summed E-state index contributed by atoms with van der Waals surface area (Å²) in [5, 5.41) is 0.455. The van der Waals surface area contributed by atoms with Crippen LogP contribution in [0.25, 0.3) is 0 Å². The van der Waals surface area contributed by atoms with Gasteiger partial charge in [0.1, 0.15) is 5.75 Å². The molecule has 0 spiro atoms. The molecule has 0 amide bonds. The van der Waals surface area contributed by atoms with Crippen LogP contribution in [-0.2, 0) is 17.6 Å². The van der Waals surface area contributed by atoms with Gasteiger partial charge in [0.15, 0.2) is 10.0 Å². The summed E-state index contributed by atoms with van der Waals surface area (Å²) in [6.45, 7) is 0. The van der Waals surface area contributed by atoms with E-state index in [1.54, 1.807) is 0 Å². The van der Waals surface area contributed by atoms with Crippen LogP contribution in [0.3, 0.4) is 0 Å². The Balaban J connectivity index is 1.82. The highest BCUT2D eigenvalue weighted by atomic mass is 35.5. The minimum atomic E-state index is -0.502. The molecule has 21 heavy (non-hydrogen) atoms. The quantitative estimate of drug-likeness (QED) is 0.792. The molecule has 6 heteroatoms. The Labute approximate surface area is 131 Å². The second-order valence-corrected chi connectivity index (χ2v) is 6.15. The van der Waals surface area contributed by atoms with E-state index in [0.29, 0.717) is 5.19 Å². The maximum atomic E-state index is 11.5. The van der Waals surface area contributed by atoms with Crippen molar-refractivity contribution in [3.63, 3.8) is 0 Å². The number of esters is 1. The molecule has 0 bridgehead atoms. The lowest BCUT2D eigenvalue weighted by atomic mass is 9.92. The Morgan fingerprint density at radius 3 is 2.81 bits per heavy atom. The van der Waals surface area contributed by atoms with E-state index in [-0.39, 0.29) is 10.0 Å². The van der Waals surface area contributed by atoms with Gasteiger partial charge < -0.3 is 9.47 Å². The van der Waals surface area contributed by atoms with E-state index in [1.807, 2.05) is 12.1 Å². The molecule has 0 aliphatic heterocycles. The number of hydrogen-bond donors (Lipinski definition) is 0. The standard InChI is InChI=1S/C15H14ClNO3S/c1-19-14(18)12-13(16)17-15(21-12)20-11-7-6-9-4-2-3-5-10(9)8-11/h6-8H,2-5H2,1H3. The maximum absolute atomic E-state index is 11.5. The first-order chi connectivity index (χ1) is 10.2. The summed E-state index contributed by atoms with van der Waals surface area (Å²) < 4.78 is 10.4. The van der Waals surface area contributed by atoms with Crippen molar-refractivity contribution in [2.24, 2.45) is 0 Å². The summed E-state index contributed by atoms with van der Waals surface area (Å²) in [6.07, 6.45) is 4.67. The second kappa shape index (κ2) is 6.03. The first kappa shape index (κ1) is 14.4. The van der Waals surface area contributed by atoms with Crippen LogP contribution in [0.2, 0.25) is 5.15 Å². The highest BCUT2D eigenvalue weighted by molar-refractivity contribution is 7.15. The Morgan fingerprint density at radius 1 is 1.29 bits per heavy atom. The molecule has 0 radical (unpaired) electrons. The molecule has 1 aliphatic rings. The number of nitrogens with zero attached hydrogens (tertiary/aromatic N) is 1. The number of methoxy groups -OCH3 is 1. The molecule has 1 aliphatic carbocycles. The van der Waals surface area contributed by atoms with Gasteiger partial charge in [0.25, 0.3) is 5.19 Å². The third-order valence-corrected chi connectivity index (χ3v) is 4.76. The van der Waals surface area contributed by atoms with Gasteiger partial charge in [0, 0.05) is 0 Å². The van der Waals surface area contributed by atoms with E-state index in [1.165, 1.54) is 31.1 Å². The number of aromatic nitrogens is 1. The topological polar surface area (TPSA) is 48.4 Å². The van der Waals surface area contributed by atoms with E-state index in [9.17, 15) is 4.79 Å². The number of halogens is 1. The van der Waals surface area contributed by atoms with Crippen LogP contribution < -0.4 is 4.74 Å². The van der Waals surface area contributed by atoms with Crippen LogP contribution in [0.4, 0.5) is 0 Å². The number of thiazole rings is 1. The van der Waals surface area contributed by atoms with Crippen LogP contribution in [0.5, 0.6) is 10.9 Å². The number of ether oxygens (including phenoxy) is 2. The molecule has 0 saturated heterocycles. The summed E-state index contributed by atoms with van der Waals surface area (Å²) in [6, 6.07) is 6.07. The van der Waals surface area contributed by atoms with Crippen molar-refractivity contribution in [1.82, 2.24) is 4.98 Å². The Morgan fingerprint density at radius 2 is 2.05 bits per heavy atom. The highest BCUT2D eigenvalue weighted by Gasteiger charge is 2.19. The fourth-order valence-electron chi connectivity index (χ4n) is 2.42. The Hall–Kier alpha value is -1.59. The van der Waals surface area contributed by atoms with Gasteiger partial charge >= 0.3 is 5.97 Å². The van der Waals surface area contributed by atoms with Crippen LogP contribution in [0, 0.1) is 0 Å². The predicted octanol–water partition coefficient (Wildman–Crippen LogP) is 4.25. The summed E-state index contributed by atoms with van der Waals surface area (Å²) >= 11 is 7.00. The number of aryl methyl sites for hydroxylation is 2. The molecule has 1 aromatic heterocycles. The van der Waals surface area contributed by atoms with E-state index in [0.717, 1.165) is 29.9 Å².